The molecule has 6 heteroatoms. The van der Waals surface area contributed by atoms with Gasteiger partial charge in [0, 0.05) is 11.1 Å². The van der Waals surface area contributed by atoms with Crippen molar-refractivity contribution in [3.8, 4) is 45.3 Å². The molecule has 37 heavy (non-hydrogen) atoms. The second kappa shape index (κ2) is 11.0. The minimum atomic E-state index is -0.713. The van der Waals surface area contributed by atoms with Crippen LogP contribution in [-0.2, 0) is 9.59 Å². The maximum atomic E-state index is 13.4. The summed E-state index contributed by atoms with van der Waals surface area (Å²) < 4.78 is 11.3. The topological polar surface area (TPSA) is 93.1 Å². The van der Waals surface area contributed by atoms with Crippen molar-refractivity contribution >= 4 is 11.6 Å². The second-order valence-corrected chi connectivity index (χ2v) is 8.79. The van der Waals surface area contributed by atoms with Crippen molar-refractivity contribution in [2.75, 3.05) is 14.2 Å². The zero-order chi connectivity index (χ0) is 26.5. The molecular weight excluding hydrogens is 468 g/mol. The monoisotopic (exact) mass is 496 g/mol. The van der Waals surface area contributed by atoms with Crippen LogP contribution in [-0.4, -0.2) is 36.0 Å². The fourth-order valence-electron chi connectivity index (χ4n) is 4.45. The molecule has 0 fully saturated rings. The molecule has 188 valence electrons. The molecule has 0 atom stereocenters. The van der Waals surface area contributed by atoms with E-state index >= 15 is 0 Å². The number of carbonyl (C=O) groups is 2. The van der Waals surface area contributed by atoms with Gasteiger partial charge in [-0.3, -0.25) is 9.59 Å². The third-order valence-electron chi connectivity index (χ3n) is 6.22. The van der Waals surface area contributed by atoms with Crippen molar-refractivity contribution in [2.45, 2.75) is 19.3 Å². The fourth-order valence-corrected chi connectivity index (χ4v) is 4.45. The predicted molar refractivity (Wildman–Crippen MR) is 142 cm³/mol. The van der Waals surface area contributed by atoms with Gasteiger partial charge in [0.05, 0.1) is 26.6 Å². The molecule has 6 nitrogen and oxygen atoms in total. The SMILES string of the molecule is COc1cc(C(C(=O)CC(C)=O)c2ccc(-c3ccc(O)cc3)c(OC)c2)ccc1-c1ccc(O)cc1. The van der Waals surface area contributed by atoms with Gasteiger partial charge in [0.2, 0.25) is 0 Å². The van der Waals surface area contributed by atoms with Gasteiger partial charge in [0.25, 0.3) is 0 Å². The Kier molecular flexibility index (Phi) is 7.58. The van der Waals surface area contributed by atoms with E-state index in [1.165, 1.54) is 6.92 Å². The number of phenols is 2. The molecule has 2 N–H and O–H groups in total. The number of hydrogen-bond acceptors (Lipinski definition) is 6. The van der Waals surface area contributed by atoms with E-state index in [4.69, 9.17) is 9.47 Å². The molecule has 4 aromatic carbocycles. The summed E-state index contributed by atoms with van der Waals surface area (Å²) in [6.45, 7) is 1.40. The number of Topliss-reactive ketones (excluding diaryl/α,β-unsaturated/α-hetero) is 2. The molecule has 0 radical (unpaired) electrons. The lowest BCUT2D eigenvalue weighted by Gasteiger charge is -2.20. The minimum absolute atomic E-state index is 0.166. The van der Waals surface area contributed by atoms with Crippen LogP contribution < -0.4 is 9.47 Å². The van der Waals surface area contributed by atoms with Crippen molar-refractivity contribution in [2.24, 2.45) is 0 Å². The molecule has 0 spiro atoms. The number of phenolic OH excluding ortho intramolecular Hbond substituents is 2. The van der Waals surface area contributed by atoms with E-state index in [1.54, 1.807) is 62.8 Å². The van der Waals surface area contributed by atoms with Gasteiger partial charge >= 0.3 is 0 Å². The van der Waals surface area contributed by atoms with E-state index in [0.29, 0.717) is 22.6 Å². The van der Waals surface area contributed by atoms with Gasteiger partial charge in [-0.1, -0.05) is 48.5 Å². The Balaban J connectivity index is 1.80. The van der Waals surface area contributed by atoms with Crippen molar-refractivity contribution < 1.29 is 29.3 Å². The average molecular weight is 497 g/mol. The van der Waals surface area contributed by atoms with E-state index in [1.807, 2.05) is 36.4 Å². The van der Waals surface area contributed by atoms with Gasteiger partial charge in [-0.2, -0.15) is 0 Å². The van der Waals surface area contributed by atoms with Crippen LogP contribution in [0.15, 0.2) is 84.9 Å². The van der Waals surface area contributed by atoms with Crippen molar-refractivity contribution in [1.82, 2.24) is 0 Å². The number of ether oxygens (including phenoxy) is 2. The fraction of sp³-hybridized carbons (Fsp3) is 0.161. The summed E-state index contributed by atoms with van der Waals surface area (Å²) in [5, 5.41) is 19.3. The largest absolute Gasteiger partial charge is 0.508 e. The molecule has 0 unspecified atom stereocenters. The molecule has 0 heterocycles. The number of ketones is 2. The van der Waals surface area contributed by atoms with E-state index in [9.17, 15) is 19.8 Å². The molecule has 0 bridgehead atoms. The van der Waals surface area contributed by atoms with Crippen LogP contribution in [0.5, 0.6) is 23.0 Å². The van der Waals surface area contributed by atoms with Crippen LogP contribution in [0.2, 0.25) is 0 Å². The van der Waals surface area contributed by atoms with Gasteiger partial charge in [-0.05, 0) is 65.6 Å². The molecule has 0 aliphatic carbocycles. The highest BCUT2D eigenvalue weighted by Gasteiger charge is 2.26. The van der Waals surface area contributed by atoms with Crippen molar-refractivity contribution in [3.63, 3.8) is 0 Å². The summed E-state index contributed by atoms with van der Waals surface area (Å²) in [5.74, 6) is 0.307. The van der Waals surface area contributed by atoms with Crippen LogP contribution in [0.4, 0.5) is 0 Å². The number of aromatic hydroxyl groups is 2. The Bertz CT molecular complexity index is 1320. The second-order valence-electron chi connectivity index (χ2n) is 8.79. The molecule has 0 saturated heterocycles. The molecule has 4 rings (SSSR count). The molecule has 0 aliphatic heterocycles. The molecule has 0 aromatic heterocycles. The van der Waals surface area contributed by atoms with Crippen LogP contribution in [0.1, 0.15) is 30.4 Å². The lowest BCUT2D eigenvalue weighted by atomic mass is 9.84. The normalized spacial score (nSPS) is 10.8. The van der Waals surface area contributed by atoms with Gasteiger partial charge < -0.3 is 19.7 Å². The predicted octanol–water partition coefficient (Wildman–Crippen LogP) is 6.13. The highest BCUT2D eigenvalue weighted by atomic mass is 16.5. The number of benzene rings is 4. The van der Waals surface area contributed by atoms with Crippen molar-refractivity contribution in [3.05, 3.63) is 96.1 Å². The van der Waals surface area contributed by atoms with E-state index in [0.717, 1.165) is 22.3 Å². The number of rotatable bonds is 9. The zero-order valence-electron chi connectivity index (χ0n) is 20.9. The zero-order valence-corrected chi connectivity index (χ0v) is 20.9. The van der Waals surface area contributed by atoms with Gasteiger partial charge in [-0.15, -0.1) is 0 Å². The lowest BCUT2D eigenvalue weighted by Crippen LogP contribution is -2.17. The standard InChI is InChI=1S/C31H28O6/c1-19(32)16-28(35)31(22-8-14-26(29(17-22)36-2)20-4-10-24(33)11-5-20)23-9-15-27(30(18-23)37-3)21-6-12-25(34)13-7-21/h4-15,17-18,31,33-34H,16H2,1-3H3. The molecule has 0 aliphatic rings. The third-order valence-corrected chi connectivity index (χ3v) is 6.22. The summed E-state index contributed by atoms with van der Waals surface area (Å²) in [5.41, 5.74) is 4.70. The summed E-state index contributed by atoms with van der Waals surface area (Å²) in [7, 11) is 3.12. The first-order valence-electron chi connectivity index (χ1n) is 11.8. The maximum absolute atomic E-state index is 13.4. The van der Waals surface area contributed by atoms with Crippen LogP contribution in [0.25, 0.3) is 22.3 Å². The number of carbonyl (C=O) groups excluding carboxylic acids is 2. The first-order valence-corrected chi connectivity index (χ1v) is 11.8. The number of hydrogen-bond donors (Lipinski definition) is 2. The van der Waals surface area contributed by atoms with Gasteiger partial charge in [-0.25, -0.2) is 0 Å². The third kappa shape index (κ3) is 5.64. The quantitative estimate of drug-likeness (QED) is 0.271. The van der Waals surface area contributed by atoms with Crippen LogP contribution in [0, 0.1) is 0 Å². The van der Waals surface area contributed by atoms with E-state index in [2.05, 4.69) is 0 Å². The summed E-state index contributed by atoms with van der Waals surface area (Å²) in [6, 6.07) is 24.6. The Morgan fingerprint density at radius 1 is 0.676 bits per heavy atom. The molecule has 0 amide bonds. The minimum Gasteiger partial charge on any atom is -0.508 e. The van der Waals surface area contributed by atoms with E-state index in [-0.39, 0.29) is 29.5 Å². The van der Waals surface area contributed by atoms with E-state index < -0.39 is 5.92 Å². The van der Waals surface area contributed by atoms with Crippen LogP contribution in [0.3, 0.4) is 0 Å². The van der Waals surface area contributed by atoms with Gasteiger partial charge in [0.1, 0.15) is 28.8 Å². The number of methoxy groups -OCH3 is 2. The smallest absolute Gasteiger partial charge is 0.152 e. The Labute approximate surface area is 215 Å². The molecule has 0 saturated carbocycles. The Morgan fingerprint density at radius 3 is 1.43 bits per heavy atom. The maximum Gasteiger partial charge on any atom is 0.152 e. The highest BCUT2D eigenvalue weighted by Crippen LogP contribution is 2.39. The summed E-state index contributed by atoms with van der Waals surface area (Å²) in [4.78, 5) is 25.3. The Hall–Kier alpha value is -4.58. The summed E-state index contributed by atoms with van der Waals surface area (Å²) in [6.07, 6.45) is -0.200. The van der Waals surface area contributed by atoms with Gasteiger partial charge in [0.15, 0.2) is 5.78 Å². The highest BCUT2D eigenvalue weighted by molar-refractivity contribution is 6.03. The van der Waals surface area contributed by atoms with Crippen molar-refractivity contribution in [1.29, 1.82) is 0 Å². The first-order chi connectivity index (χ1) is 17.8. The Morgan fingerprint density at radius 2 is 1.08 bits per heavy atom. The average Bonchev–Trinajstić information content (AvgIpc) is 2.89. The van der Waals surface area contributed by atoms with Crippen LogP contribution >= 0.6 is 0 Å². The molecule has 4 aromatic rings. The summed E-state index contributed by atoms with van der Waals surface area (Å²) >= 11 is 0. The first kappa shape index (κ1) is 25.5. The lowest BCUT2D eigenvalue weighted by molar-refractivity contribution is -0.126. The molecular formula is C31H28O6.